The number of methoxy groups -OCH3 is 1. The molecule has 0 radical (unpaired) electrons. The molecule has 8 nitrogen and oxygen atoms in total. The lowest BCUT2D eigenvalue weighted by Gasteiger charge is -2.04. The van der Waals surface area contributed by atoms with Crippen LogP contribution in [0.5, 0.6) is 5.75 Å². The molecule has 0 aliphatic rings. The number of aromatic nitrogens is 1. The first-order valence-corrected chi connectivity index (χ1v) is 8.66. The molecule has 0 aliphatic heterocycles. The minimum absolute atomic E-state index is 0.0137. The largest absolute Gasteiger partial charge is 0.497 e. The van der Waals surface area contributed by atoms with Crippen molar-refractivity contribution in [2.75, 3.05) is 12.8 Å². The van der Waals surface area contributed by atoms with Crippen LogP contribution in [0.15, 0.2) is 47.8 Å². The number of nitrogen functional groups attached to an aromatic ring is 1. The molecule has 2 N–H and O–H groups in total. The molecule has 0 saturated carbocycles. The van der Waals surface area contributed by atoms with E-state index >= 15 is 0 Å². The second-order valence-corrected chi connectivity index (χ2v) is 6.34. The Labute approximate surface area is 158 Å². The normalized spacial score (nSPS) is 10.4. The van der Waals surface area contributed by atoms with Gasteiger partial charge in [0.15, 0.2) is 0 Å². The molecule has 0 bridgehead atoms. The maximum atomic E-state index is 12.1. The number of anilines is 1. The number of nitro groups is 1. The summed E-state index contributed by atoms with van der Waals surface area (Å²) >= 11 is 1.42. The van der Waals surface area contributed by atoms with E-state index in [0.29, 0.717) is 5.69 Å². The monoisotopic (exact) mass is 385 g/mol. The highest BCUT2D eigenvalue weighted by molar-refractivity contribution is 7.13. The van der Waals surface area contributed by atoms with Gasteiger partial charge in [0.1, 0.15) is 23.1 Å². The number of carbonyl (C=O) groups is 1. The Hall–Kier alpha value is -3.46. The summed E-state index contributed by atoms with van der Waals surface area (Å²) in [5.41, 5.74) is 6.74. The van der Waals surface area contributed by atoms with Crippen LogP contribution in [0, 0.1) is 10.1 Å². The third-order valence-corrected chi connectivity index (χ3v) is 4.64. The second kappa shape index (κ2) is 7.83. The van der Waals surface area contributed by atoms with Gasteiger partial charge in [-0.15, -0.1) is 11.3 Å². The number of esters is 1. The smallest absolute Gasteiger partial charge is 0.338 e. The molecular formula is C18H15N3O5S. The first-order valence-electron chi connectivity index (χ1n) is 7.78. The summed E-state index contributed by atoms with van der Waals surface area (Å²) in [6, 6.07) is 11.2. The Morgan fingerprint density at radius 3 is 2.67 bits per heavy atom. The third-order valence-electron chi connectivity index (χ3n) is 3.70. The molecular weight excluding hydrogens is 370 g/mol. The van der Waals surface area contributed by atoms with E-state index in [-0.39, 0.29) is 23.5 Å². The van der Waals surface area contributed by atoms with Crippen LogP contribution in [-0.2, 0) is 11.3 Å². The number of hydrogen-bond acceptors (Lipinski definition) is 8. The first kappa shape index (κ1) is 18.3. The molecule has 1 heterocycles. The predicted molar refractivity (Wildman–Crippen MR) is 101 cm³/mol. The van der Waals surface area contributed by atoms with Gasteiger partial charge in [-0.1, -0.05) is 0 Å². The minimum atomic E-state index is -0.683. The standard InChI is InChI=1S/C18H15N3O5S/c1-25-14-5-2-11(3-6-14)17-20-13(10-27-17)9-26-18(22)12-4-7-15(19)16(8-12)21(23)24/h2-8,10H,9,19H2,1H3. The summed E-state index contributed by atoms with van der Waals surface area (Å²) in [5, 5.41) is 13.5. The highest BCUT2D eigenvalue weighted by atomic mass is 32.1. The van der Waals surface area contributed by atoms with Crippen LogP contribution in [0.25, 0.3) is 10.6 Å². The van der Waals surface area contributed by atoms with E-state index in [9.17, 15) is 14.9 Å². The number of ether oxygens (including phenoxy) is 2. The molecule has 0 aliphatic carbocycles. The fourth-order valence-electron chi connectivity index (χ4n) is 2.29. The fraction of sp³-hybridized carbons (Fsp3) is 0.111. The zero-order chi connectivity index (χ0) is 19.4. The molecule has 1 aromatic heterocycles. The van der Waals surface area contributed by atoms with Gasteiger partial charge < -0.3 is 15.2 Å². The third kappa shape index (κ3) is 4.21. The Morgan fingerprint density at radius 1 is 1.26 bits per heavy atom. The zero-order valence-corrected chi connectivity index (χ0v) is 15.1. The zero-order valence-electron chi connectivity index (χ0n) is 14.2. The number of carbonyl (C=O) groups excluding carboxylic acids is 1. The van der Waals surface area contributed by atoms with Crippen molar-refractivity contribution in [2.24, 2.45) is 0 Å². The van der Waals surface area contributed by atoms with Crippen LogP contribution >= 0.6 is 11.3 Å². The number of nitrogens with two attached hydrogens (primary N) is 1. The van der Waals surface area contributed by atoms with Crippen molar-refractivity contribution < 1.29 is 19.2 Å². The van der Waals surface area contributed by atoms with Crippen molar-refractivity contribution in [3.63, 3.8) is 0 Å². The van der Waals surface area contributed by atoms with Crippen molar-refractivity contribution in [2.45, 2.75) is 6.61 Å². The van der Waals surface area contributed by atoms with Gasteiger partial charge in [-0.2, -0.15) is 0 Å². The number of hydrogen-bond donors (Lipinski definition) is 1. The van der Waals surface area contributed by atoms with E-state index in [2.05, 4.69) is 4.98 Å². The van der Waals surface area contributed by atoms with Crippen molar-refractivity contribution in [1.29, 1.82) is 0 Å². The van der Waals surface area contributed by atoms with E-state index in [4.69, 9.17) is 15.2 Å². The van der Waals surface area contributed by atoms with Gasteiger partial charge in [-0.3, -0.25) is 10.1 Å². The maximum Gasteiger partial charge on any atom is 0.338 e. The van der Waals surface area contributed by atoms with Gasteiger partial charge in [-0.25, -0.2) is 9.78 Å². The molecule has 27 heavy (non-hydrogen) atoms. The topological polar surface area (TPSA) is 118 Å². The summed E-state index contributed by atoms with van der Waals surface area (Å²) in [6.07, 6.45) is 0. The summed E-state index contributed by atoms with van der Waals surface area (Å²) in [5.74, 6) is 0.0687. The molecule has 3 rings (SSSR count). The summed E-state index contributed by atoms with van der Waals surface area (Å²) in [4.78, 5) is 26.8. The van der Waals surface area contributed by atoms with Crippen LogP contribution in [0.4, 0.5) is 11.4 Å². The van der Waals surface area contributed by atoms with Crippen molar-refractivity contribution in [1.82, 2.24) is 4.98 Å². The van der Waals surface area contributed by atoms with E-state index in [1.807, 2.05) is 24.3 Å². The van der Waals surface area contributed by atoms with Crippen molar-refractivity contribution in [3.05, 3.63) is 69.2 Å². The van der Waals surface area contributed by atoms with Crippen LogP contribution in [-0.4, -0.2) is 23.0 Å². The second-order valence-electron chi connectivity index (χ2n) is 5.48. The number of benzene rings is 2. The summed E-state index contributed by atoms with van der Waals surface area (Å²) < 4.78 is 10.3. The fourth-order valence-corrected chi connectivity index (χ4v) is 3.10. The van der Waals surface area contributed by atoms with Crippen LogP contribution in [0.2, 0.25) is 0 Å². The average Bonchev–Trinajstić information content (AvgIpc) is 3.15. The van der Waals surface area contributed by atoms with Crippen molar-refractivity contribution >= 4 is 28.7 Å². The van der Waals surface area contributed by atoms with Crippen LogP contribution in [0.3, 0.4) is 0 Å². The lowest BCUT2D eigenvalue weighted by Crippen LogP contribution is -2.07. The van der Waals surface area contributed by atoms with E-state index < -0.39 is 10.9 Å². The number of thiazole rings is 1. The Morgan fingerprint density at radius 2 is 2.00 bits per heavy atom. The van der Waals surface area contributed by atoms with E-state index in [0.717, 1.165) is 22.4 Å². The van der Waals surface area contributed by atoms with Gasteiger partial charge >= 0.3 is 5.97 Å². The molecule has 138 valence electrons. The molecule has 2 aromatic carbocycles. The Balaban J connectivity index is 1.67. The van der Waals surface area contributed by atoms with E-state index in [1.54, 1.807) is 12.5 Å². The summed E-state index contributed by atoms with van der Waals surface area (Å²) in [7, 11) is 1.60. The van der Waals surface area contributed by atoms with Gasteiger partial charge in [0.25, 0.3) is 5.69 Å². The lowest BCUT2D eigenvalue weighted by molar-refractivity contribution is -0.383. The van der Waals surface area contributed by atoms with Gasteiger partial charge in [0.05, 0.1) is 23.3 Å². The van der Waals surface area contributed by atoms with Gasteiger partial charge in [-0.05, 0) is 36.4 Å². The Bertz CT molecular complexity index is 985. The number of nitrogens with zero attached hydrogens (tertiary/aromatic N) is 2. The molecule has 0 amide bonds. The average molecular weight is 385 g/mol. The quantitative estimate of drug-likeness (QED) is 0.298. The van der Waals surface area contributed by atoms with Crippen LogP contribution in [0.1, 0.15) is 16.1 Å². The molecule has 0 spiro atoms. The highest BCUT2D eigenvalue weighted by Gasteiger charge is 2.17. The molecule has 0 unspecified atom stereocenters. The van der Waals surface area contributed by atoms with Gasteiger partial charge in [0, 0.05) is 17.0 Å². The maximum absolute atomic E-state index is 12.1. The molecule has 0 atom stereocenters. The molecule has 3 aromatic rings. The minimum Gasteiger partial charge on any atom is -0.497 e. The van der Waals surface area contributed by atoms with Gasteiger partial charge in [0.2, 0.25) is 0 Å². The Kier molecular flexibility index (Phi) is 5.32. The predicted octanol–water partition coefficient (Wildman–Crippen LogP) is 3.67. The lowest BCUT2D eigenvalue weighted by atomic mass is 10.2. The SMILES string of the molecule is COc1ccc(-c2nc(COC(=O)c3ccc(N)c([N+](=O)[O-])c3)cs2)cc1. The first-order chi connectivity index (χ1) is 13.0. The summed E-state index contributed by atoms with van der Waals surface area (Å²) in [6.45, 7) is -0.0380. The molecule has 9 heteroatoms. The number of nitro benzene ring substituents is 1. The number of rotatable bonds is 6. The highest BCUT2D eigenvalue weighted by Crippen LogP contribution is 2.26. The van der Waals surface area contributed by atoms with E-state index in [1.165, 1.54) is 23.5 Å². The van der Waals surface area contributed by atoms with Crippen LogP contribution < -0.4 is 10.5 Å². The molecule has 0 fully saturated rings. The molecule has 0 saturated heterocycles. The van der Waals surface area contributed by atoms with Crippen molar-refractivity contribution in [3.8, 4) is 16.3 Å².